The summed E-state index contributed by atoms with van der Waals surface area (Å²) in [5, 5.41) is -0.177. The van der Waals surface area contributed by atoms with Crippen LogP contribution in [0.25, 0.3) is 16.7 Å². The summed E-state index contributed by atoms with van der Waals surface area (Å²) in [6.45, 7) is 4.02. The smallest absolute Gasteiger partial charge is 0.132 e. The van der Waals surface area contributed by atoms with Crippen molar-refractivity contribution in [2.24, 2.45) is 0 Å². The molecule has 3 rings (SSSR count). The number of nitrogens with zero attached hydrogens (tertiary/aromatic N) is 2. The van der Waals surface area contributed by atoms with Gasteiger partial charge in [-0.25, -0.2) is 4.98 Å². The average molecular weight is 429 g/mol. The number of aryl methyl sites for hydroxylation is 1. The summed E-state index contributed by atoms with van der Waals surface area (Å²) in [7, 11) is 0. The van der Waals surface area contributed by atoms with E-state index in [0.29, 0.717) is 0 Å². The number of fused-ring (bicyclic) bond motifs is 1. The highest BCUT2D eigenvalue weighted by atomic mass is 79.9. The van der Waals surface area contributed by atoms with Gasteiger partial charge in [-0.1, -0.05) is 28.1 Å². The SMILES string of the molecule is Cc1cccc(-n2c(C(C)Cl)nc3ccc(Br)cc32)c1Br. The molecule has 0 aliphatic heterocycles. The molecule has 0 saturated carbocycles. The topological polar surface area (TPSA) is 17.8 Å². The Morgan fingerprint density at radius 2 is 1.95 bits per heavy atom. The van der Waals surface area contributed by atoms with Gasteiger partial charge in [-0.05, 0) is 59.6 Å². The van der Waals surface area contributed by atoms with E-state index < -0.39 is 0 Å². The molecule has 0 spiro atoms. The molecule has 0 saturated heterocycles. The van der Waals surface area contributed by atoms with E-state index in [1.165, 1.54) is 5.56 Å². The van der Waals surface area contributed by atoms with Crippen LogP contribution in [0.4, 0.5) is 0 Å². The molecule has 0 radical (unpaired) electrons. The second-order valence-corrected chi connectivity index (χ2v) is 7.33. The Bertz CT molecular complexity index is 825. The normalized spacial score (nSPS) is 12.8. The highest BCUT2D eigenvalue weighted by Gasteiger charge is 2.18. The number of benzene rings is 2. The third-order valence-corrected chi connectivity index (χ3v) is 5.13. The number of hydrogen-bond acceptors (Lipinski definition) is 1. The van der Waals surface area contributed by atoms with Crippen LogP contribution in [0.5, 0.6) is 0 Å². The fraction of sp³-hybridized carbons (Fsp3) is 0.188. The van der Waals surface area contributed by atoms with Gasteiger partial charge in [-0.15, -0.1) is 11.6 Å². The van der Waals surface area contributed by atoms with Crippen LogP contribution < -0.4 is 0 Å². The maximum Gasteiger partial charge on any atom is 0.132 e. The summed E-state index contributed by atoms with van der Waals surface area (Å²) in [4.78, 5) is 4.69. The molecule has 1 atom stereocenters. The van der Waals surface area contributed by atoms with E-state index in [9.17, 15) is 0 Å². The molecule has 1 heterocycles. The Morgan fingerprint density at radius 3 is 2.67 bits per heavy atom. The van der Waals surface area contributed by atoms with Crippen molar-refractivity contribution in [3.8, 4) is 5.69 Å². The van der Waals surface area contributed by atoms with Crippen LogP contribution in [0.15, 0.2) is 45.3 Å². The summed E-state index contributed by atoms with van der Waals surface area (Å²) >= 11 is 13.6. The van der Waals surface area contributed by atoms with Gasteiger partial charge >= 0.3 is 0 Å². The van der Waals surface area contributed by atoms with Crippen LogP contribution in [-0.4, -0.2) is 9.55 Å². The number of alkyl halides is 1. The van der Waals surface area contributed by atoms with Crippen molar-refractivity contribution in [3.63, 3.8) is 0 Å². The van der Waals surface area contributed by atoms with Crippen molar-refractivity contribution >= 4 is 54.5 Å². The van der Waals surface area contributed by atoms with Crippen LogP contribution in [0.3, 0.4) is 0 Å². The predicted octanol–water partition coefficient (Wildman–Crippen LogP) is 6.16. The summed E-state index contributed by atoms with van der Waals surface area (Å²) in [6, 6.07) is 12.3. The second-order valence-electron chi connectivity index (χ2n) is 4.96. The first-order valence-electron chi connectivity index (χ1n) is 6.56. The van der Waals surface area contributed by atoms with Crippen molar-refractivity contribution in [1.82, 2.24) is 9.55 Å². The summed E-state index contributed by atoms with van der Waals surface area (Å²) in [6.07, 6.45) is 0. The maximum absolute atomic E-state index is 6.35. The number of halogens is 3. The average Bonchev–Trinajstić information content (AvgIpc) is 2.80. The van der Waals surface area contributed by atoms with Crippen LogP contribution in [-0.2, 0) is 0 Å². The molecule has 0 fully saturated rings. The molecule has 0 bridgehead atoms. The van der Waals surface area contributed by atoms with Crippen molar-refractivity contribution in [1.29, 1.82) is 0 Å². The van der Waals surface area contributed by atoms with Gasteiger partial charge in [0.15, 0.2) is 0 Å². The van der Waals surface area contributed by atoms with Crippen LogP contribution in [0.2, 0.25) is 0 Å². The van der Waals surface area contributed by atoms with E-state index in [-0.39, 0.29) is 5.38 Å². The lowest BCUT2D eigenvalue weighted by molar-refractivity contribution is 0.879. The fourth-order valence-corrected chi connectivity index (χ4v) is 3.33. The molecule has 0 amide bonds. The van der Waals surface area contributed by atoms with Gasteiger partial charge in [0.25, 0.3) is 0 Å². The highest BCUT2D eigenvalue weighted by molar-refractivity contribution is 9.10. The van der Waals surface area contributed by atoms with Crippen molar-refractivity contribution in [2.45, 2.75) is 19.2 Å². The Labute approximate surface area is 145 Å². The van der Waals surface area contributed by atoms with Crippen molar-refractivity contribution in [3.05, 3.63) is 56.7 Å². The molecule has 1 aromatic heterocycles. The molecule has 0 N–H and O–H groups in total. The Morgan fingerprint density at radius 1 is 1.19 bits per heavy atom. The second kappa shape index (κ2) is 5.75. The lowest BCUT2D eigenvalue weighted by Crippen LogP contribution is -2.03. The summed E-state index contributed by atoms with van der Waals surface area (Å²) < 4.78 is 4.20. The number of rotatable bonds is 2. The Kier molecular flexibility index (Phi) is 4.12. The standard InChI is InChI=1S/C16H13Br2ClN2/c1-9-4-3-5-13(15(9)18)21-14-8-11(17)6-7-12(14)20-16(21)10(2)19/h3-8,10H,1-2H3. The van der Waals surface area contributed by atoms with Gasteiger partial charge < -0.3 is 0 Å². The zero-order chi connectivity index (χ0) is 15.1. The first-order chi connectivity index (χ1) is 9.99. The van der Waals surface area contributed by atoms with E-state index in [4.69, 9.17) is 11.6 Å². The first kappa shape index (κ1) is 15.1. The summed E-state index contributed by atoms with van der Waals surface area (Å²) in [5.74, 6) is 0.844. The largest absolute Gasteiger partial charge is 0.294 e. The molecular formula is C16H13Br2ClN2. The molecule has 1 unspecified atom stereocenters. The van der Waals surface area contributed by atoms with Crippen LogP contribution in [0.1, 0.15) is 23.7 Å². The highest BCUT2D eigenvalue weighted by Crippen LogP contribution is 2.33. The molecule has 2 aromatic carbocycles. The first-order valence-corrected chi connectivity index (χ1v) is 8.58. The van der Waals surface area contributed by atoms with Gasteiger partial charge in [0, 0.05) is 8.95 Å². The molecule has 21 heavy (non-hydrogen) atoms. The molecule has 2 nitrogen and oxygen atoms in total. The maximum atomic E-state index is 6.35. The van der Waals surface area contributed by atoms with Crippen molar-refractivity contribution < 1.29 is 0 Å². The van der Waals surface area contributed by atoms with Crippen molar-refractivity contribution in [2.75, 3.05) is 0 Å². The number of hydrogen-bond donors (Lipinski definition) is 0. The lowest BCUT2D eigenvalue weighted by Gasteiger charge is -2.14. The van der Waals surface area contributed by atoms with Crippen LogP contribution in [0, 0.1) is 6.92 Å². The minimum absolute atomic E-state index is 0.177. The van der Waals surface area contributed by atoms with E-state index in [1.807, 2.05) is 25.1 Å². The number of aromatic nitrogens is 2. The fourth-order valence-electron chi connectivity index (χ4n) is 2.39. The quantitative estimate of drug-likeness (QED) is 0.447. The molecule has 0 aliphatic carbocycles. The molecule has 108 valence electrons. The van der Waals surface area contributed by atoms with E-state index >= 15 is 0 Å². The molecule has 3 aromatic rings. The minimum Gasteiger partial charge on any atom is -0.294 e. The van der Waals surface area contributed by atoms with Gasteiger partial charge in [-0.3, -0.25) is 4.57 Å². The monoisotopic (exact) mass is 426 g/mol. The Balaban J connectivity index is 2.41. The third-order valence-electron chi connectivity index (χ3n) is 3.41. The van der Waals surface area contributed by atoms with Gasteiger partial charge in [-0.2, -0.15) is 0 Å². The lowest BCUT2D eigenvalue weighted by atomic mass is 10.2. The minimum atomic E-state index is -0.177. The van der Waals surface area contributed by atoms with Gasteiger partial charge in [0.2, 0.25) is 0 Å². The van der Waals surface area contributed by atoms with E-state index in [1.54, 1.807) is 0 Å². The number of imidazole rings is 1. The third kappa shape index (κ3) is 2.65. The molecule has 5 heteroatoms. The predicted molar refractivity (Wildman–Crippen MR) is 95.5 cm³/mol. The molecular weight excluding hydrogens is 415 g/mol. The zero-order valence-corrected chi connectivity index (χ0v) is 15.5. The van der Waals surface area contributed by atoms with Gasteiger partial charge in [0.05, 0.1) is 22.1 Å². The van der Waals surface area contributed by atoms with Gasteiger partial charge in [0.1, 0.15) is 5.82 Å². The van der Waals surface area contributed by atoms with E-state index in [0.717, 1.165) is 31.5 Å². The van der Waals surface area contributed by atoms with E-state index in [2.05, 4.69) is 66.5 Å². The zero-order valence-electron chi connectivity index (χ0n) is 11.6. The molecule has 0 aliphatic rings. The van der Waals surface area contributed by atoms with Crippen LogP contribution >= 0.6 is 43.5 Å². The Hall–Kier alpha value is -0.840. The summed E-state index contributed by atoms with van der Waals surface area (Å²) in [5.41, 5.74) is 4.21.